The predicted octanol–water partition coefficient (Wildman–Crippen LogP) is 0.588. The van der Waals surface area contributed by atoms with Crippen LogP contribution in [0.15, 0.2) is 0 Å². The maximum atomic E-state index is 5.40. The number of aromatic nitrogens is 3. The summed E-state index contributed by atoms with van der Waals surface area (Å²) in [5.41, 5.74) is 0. The van der Waals surface area contributed by atoms with E-state index >= 15 is 0 Å². The van der Waals surface area contributed by atoms with Crippen LogP contribution in [0.4, 0.5) is 17.8 Å². The lowest BCUT2D eigenvalue weighted by atomic mass is 10.4. The predicted molar refractivity (Wildman–Crippen MR) is 82.0 cm³/mol. The van der Waals surface area contributed by atoms with Crippen LogP contribution >= 0.6 is 0 Å². The summed E-state index contributed by atoms with van der Waals surface area (Å²) in [6, 6.07) is 0. The third-order valence-electron chi connectivity index (χ3n) is 3.20. The summed E-state index contributed by atoms with van der Waals surface area (Å²) < 4.78 is 10.3. The Hall–Kier alpha value is -1.67. The molecule has 1 aliphatic heterocycles. The van der Waals surface area contributed by atoms with Crippen LogP contribution in [0.5, 0.6) is 0 Å². The molecular weight excluding hydrogens is 272 g/mol. The Kier molecular flexibility index (Phi) is 6.42. The Labute approximate surface area is 125 Å². The molecule has 21 heavy (non-hydrogen) atoms. The molecule has 1 aromatic rings. The largest absolute Gasteiger partial charge is 0.382 e. The second kappa shape index (κ2) is 8.58. The van der Waals surface area contributed by atoms with Crippen molar-refractivity contribution in [3.63, 3.8) is 0 Å². The third-order valence-corrected chi connectivity index (χ3v) is 3.20. The first-order valence-electron chi connectivity index (χ1n) is 7.33. The van der Waals surface area contributed by atoms with Gasteiger partial charge >= 0.3 is 0 Å². The van der Waals surface area contributed by atoms with Crippen LogP contribution in [0.2, 0.25) is 0 Å². The first kappa shape index (κ1) is 15.7. The minimum absolute atomic E-state index is 0.576. The van der Waals surface area contributed by atoms with Crippen molar-refractivity contribution in [2.24, 2.45) is 0 Å². The van der Waals surface area contributed by atoms with E-state index in [1.165, 1.54) is 12.8 Å². The number of nitrogens with one attached hydrogen (secondary N) is 2. The first-order valence-corrected chi connectivity index (χ1v) is 7.33. The minimum Gasteiger partial charge on any atom is -0.382 e. The summed E-state index contributed by atoms with van der Waals surface area (Å²) in [7, 11) is 3.46. The van der Waals surface area contributed by atoms with Crippen LogP contribution in [0.1, 0.15) is 12.8 Å². The quantitative estimate of drug-likeness (QED) is 0.641. The van der Waals surface area contributed by atoms with Gasteiger partial charge < -0.3 is 25.0 Å². The van der Waals surface area contributed by atoms with E-state index in [1.807, 2.05) is 0 Å². The van der Waals surface area contributed by atoms with Crippen LogP contribution in [-0.4, -0.2) is 68.6 Å². The van der Waals surface area contributed by atoms with E-state index in [0.29, 0.717) is 38.3 Å². The molecule has 1 aliphatic rings. The molecular formula is C13H24N6O2. The maximum Gasteiger partial charge on any atom is 0.231 e. The van der Waals surface area contributed by atoms with Crippen molar-refractivity contribution in [2.75, 3.05) is 69.1 Å². The van der Waals surface area contributed by atoms with Crippen molar-refractivity contribution in [1.82, 2.24) is 15.0 Å². The second-order valence-electron chi connectivity index (χ2n) is 4.76. The Morgan fingerprint density at radius 2 is 1.81 bits per heavy atom. The molecule has 8 nitrogen and oxygen atoms in total. The number of methoxy groups -OCH3 is 1. The lowest BCUT2D eigenvalue weighted by molar-refractivity contribution is 0.0759. The lowest BCUT2D eigenvalue weighted by Gasteiger charge is -2.16. The SMILES string of the molecule is CNc1nc(NCCOCCOC)nc(N2CCCC2)n1. The number of hydrogen-bond donors (Lipinski definition) is 2. The van der Waals surface area contributed by atoms with Crippen molar-refractivity contribution in [3.05, 3.63) is 0 Å². The van der Waals surface area contributed by atoms with E-state index in [4.69, 9.17) is 9.47 Å². The number of nitrogens with zero attached hydrogens (tertiary/aromatic N) is 4. The van der Waals surface area contributed by atoms with Gasteiger partial charge in [0.05, 0.1) is 19.8 Å². The smallest absolute Gasteiger partial charge is 0.231 e. The van der Waals surface area contributed by atoms with Gasteiger partial charge in [-0.1, -0.05) is 0 Å². The van der Waals surface area contributed by atoms with Gasteiger partial charge in [0.25, 0.3) is 0 Å². The lowest BCUT2D eigenvalue weighted by Crippen LogP contribution is -2.22. The molecule has 0 unspecified atom stereocenters. The molecule has 2 N–H and O–H groups in total. The zero-order valence-corrected chi connectivity index (χ0v) is 12.8. The van der Waals surface area contributed by atoms with Crippen LogP contribution in [0, 0.1) is 0 Å². The molecule has 1 saturated heterocycles. The van der Waals surface area contributed by atoms with Gasteiger partial charge in [0.2, 0.25) is 17.8 Å². The standard InChI is InChI=1S/C13H24N6O2/c1-14-11-16-12(15-5-8-21-10-9-20-2)18-13(17-11)19-6-3-4-7-19/h3-10H2,1-2H3,(H2,14,15,16,17,18). The molecule has 0 amide bonds. The summed E-state index contributed by atoms with van der Waals surface area (Å²) in [5.74, 6) is 1.89. The summed E-state index contributed by atoms with van der Waals surface area (Å²) in [6.45, 7) is 4.45. The zero-order valence-electron chi connectivity index (χ0n) is 12.8. The number of ether oxygens (including phenoxy) is 2. The van der Waals surface area contributed by atoms with E-state index in [-0.39, 0.29) is 0 Å². The van der Waals surface area contributed by atoms with E-state index in [1.54, 1.807) is 14.2 Å². The van der Waals surface area contributed by atoms with E-state index in [0.717, 1.165) is 19.0 Å². The van der Waals surface area contributed by atoms with Crippen LogP contribution < -0.4 is 15.5 Å². The van der Waals surface area contributed by atoms with Gasteiger partial charge in [0.15, 0.2) is 0 Å². The Morgan fingerprint density at radius 3 is 2.52 bits per heavy atom. The van der Waals surface area contributed by atoms with Crippen LogP contribution in [-0.2, 0) is 9.47 Å². The highest BCUT2D eigenvalue weighted by atomic mass is 16.5. The van der Waals surface area contributed by atoms with Crippen molar-refractivity contribution in [3.8, 4) is 0 Å². The van der Waals surface area contributed by atoms with Gasteiger partial charge in [-0.15, -0.1) is 0 Å². The van der Waals surface area contributed by atoms with Crippen LogP contribution in [0.25, 0.3) is 0 Å². The number of rotatable bonds is 9. The van der Waals surface area contributed by atoms with Gasteiger partial charge in [-0.25, -0.2) is 0 Å². The molecule has 0 bridgehead atoms. The summed E-state index contributed by atoms with van der Waals surface area (Å²) in [6.07, 6.45) is 2.38. The molecule has 8 heteroatoms. The molecule has 0 atom stereocenters. The Morgan fingerprint density at radius 1 is 1.05 bits per heavy atom. The fraction of sp³-hybridized carbons (Fsp3) is 0.769. The van der Waals surface area contributed by atoms with Gasteiger partial charge in [0.1, 0.15) is 0 Å². The number of anilines is 3. The topological polar surface area (TPSA) is 84.4 Å². The highest BCUT2D eigenvalue weighted by Crippen LogP contribution is 2.18. The fourth-order valence-corrected chi connectivity index (χ4v) is 2.09. The van der Waals surface area contributed by atoms with Crippen molar-refractivity contribution < 1.29 is 9.47 Å². The summed E-state index contributed by atoms with van der Waals surface area (Å²) >= 11 is 0. The van der Waals surface area contributed by atoms with Crippen LogP contribution in [0.3, 0.4) is 0 Å². The zero-order chi connectivity index (χ0) is 14.9. The average molecular weight is 296 g/mol. The fourth-order valence-electron chi connectivity index (χ4n) is 2.09. The van der Waals surface area contributed by atoms with E-state index in [2.05, 4.69) is 30.5 Å². The van der Waals surface area contributed by atoms with Gasteiger partial charge in [0, 0.05) is 33.8 Å². The molecule has 0 aromatic carbocycles. The molecule has 0 saturated carbocycles. The highest BCUT2D eigenvalue weighted by molar-refractivity contribution is 5.44. The molecule has 1 aromatic heterocycles. The third kappa shape index (κ3) is 4.98. The molecule has 0 radical (unpaired) electrons. The molecule has 1 fully saturated rings. The van der Waals surface area contributed by atoms with Crippen molar-refractivity contribution in [2.45, 2.75) is 12.8 Å². The highest BCUT2D eigenvalue weighted by Gasteiger charge is 2.16. The molecule has 2 rings (SSSR count). The molecule has 0 aliphatic carbocycles. The first-order chi connectivity index (χ1) is 10.3. The number of hydrogen-bond acceptors (Lipinski definition) is 8. The van der Waals surface area contributed by atoms with Gasteiger partial charge in [-0.2, -0.15) is 15.0 Å². The second-order valence-corrected chi connectivity index (χ2v) is 4.76. The van der Waals surface area contributed by atoms with Crippen molar-refractivity contribution >= 4 is 17.8 Å². The van der Waals surface area contributed by atoms with Crippen molar-refractivity contribution in [1.29, 1.82) is 0 Å². The molecule has 0 spiro atoms. The van der Waals surface area contributed by atoms with Gasteiger partial charge in [-0.05, 0) is 12.8 Å². The maximum absolute atomic E-state index is 5.40. The summed E-state index contributed by atoms with van der Waals surface area (Å²) in [5, 5.41) is 6.14. The average Bonchev–Trinajstić information content (AvgIpc) is 3.05. The van der Waals surface area contributed by atoms with E-state index in [9.17, 15) is 0 Å². The Balaban J connectivity index is 1.87. The minimum atomic E-state index is 0.576. The molecule has 2 heterocycles. The van der Waals surface area contributed by atoms with Gasteiger partial charge in [-0.3, -0.25) is 0 Å². The normalized spacial score (nSPS) is 14.5. The Bertz CT molecular complexity index is 425. The monoisotopic (exact) mass is 296 g/mol. The summed E-state index contributed by atoms with van der Waals surface area (Å²) in [4.78, 5) is 15.4. The van der Waals surface area contributed by atoms with E-state index < -0.39 is 0 Å². The molecule has 118 valence electrons.